The van der Waals surface area contributed by atoms with Gasteiger partial charge in [0, 0.05) is 24.7 Å². The summed E-state index contributed by atoms with van der Waals surface area (Å²) < 4.78 is 5.71. The van der Waals surface area contributed by atoms with Gasteiger partial charge in [0.05, 0.1) is 6.10 Å². The first-order chi connectivity index (χ1) is 9.93. The van der Waals surface area contributed by atoms with Crippen molar-refractivity contribution in [3.05, 3.63) is 29.8 Å². The van der Waals surface area contributed by atoms with Crippen molar-refractivity contribution in [2.45, 2.75) is 58.2 Å². The minimum Gasteiger partial charge on any atom is -0.491 e. The van der Waals surface area contributed by atoms with Gasteiger partial charge < -0.3 is 10.1 Å². The molecule has 0 spiro atoms. The summed E-state index contributed by atoms with van der Waals surface area (Å²) in [6.07, 6.45) is 2.65. The quantitative estimate of drug-likeness (QED) is 0.896. The molecule has 1 saturated heterocycles. The van der Waals surface area contributed by atoms with E-state index >= 15 is 0 Å². The molecule has 3 heteroatoms. The highest BCUT2D eigenvalue weighted by molar-refractivity contribution is 5.29. The molecule has 21 heavy (non-hydrogen) atoms. The molecule has 3 nitrogen and oxygen atoms in total. The number of piperidine rings is 1. The van der Waals surface area contributed by atoms with Crippen molar-refractivity contribution in [2.24, 2.45) is 0 Å². The van der Waals surface area contributed by atoms with E-state index in [1.54, 1.807) is 0 Å². The average Bonchev–Trinajstić information content (AvgIpc) is 2.47. The Hall–Kier alpha value is -1.06. The Balaban J connectivity index is 1.96. The fraction of sp³-hybridized carbons (Fsp3) is 0.667. The van der Waals surface area contributed by atoms with E-state index in [0.29, 0.717) is 11.6 Å². The van der Waals surface area contributed by atoms with Crippen molar-refractivity contribution < 1.29 is 4.74 Å². The van der Waals surface area contributed by atoms with Crippen LogP contribution in [0, 0.1) is 0 Å². The van der Waals surface area contributed by atoms with E-state index in [2.05, 4.69) is 69.2 Å². The summed E-state index contributed by atoms with van der Waals surface area (Å²) in [6, 6.07) is 9.06. The number of nitrogens with zero attached hydrogens (tertiary/aromatic N) is 1. The standard InChI is InChI=1S/C18H30N2O/c1-14(2)21-17-8-6-16(7-9-17)15(3)20-12-10-18(4,19-5)11-13-20/h6-9,14-15,19H,10-13H2,1-5H3. The van der Waals surface area contributed by atoms with Crippen molar-refractivity contribution in [1.29, 1.82) is 0 Å². The van der Waals surface area contributed by atoms with Gasteiger partial charge in [-0.05, 0) is 65.3 Å². The maximum atomic E-state index is 5.71. The van der Waals surface area contributed by atoms with Crippen LogP contribution in [0.2, 0.25) is 0 Å². The lowest BCUT2D eigenvalue weighted by atomic mass is 9.88. The predicted molar refractivity (Wildman–Crippen MR) is 88.9 cm³/mol. The number of hydrogen-bond acceptors (Lipinski definition) is 3. The number of nitrogens with one attached hydrogen (secondary N) is 1. The van der Waals surface area contributed by atoms with Gasteiger partial charge in [-0.15, -0.1) is 0 Å². The first-order valence-electron chi connectivity index (χ1n) is 8.13. The van der Waals surface area contributed by atoms with Crippen molar-refractivity contribution in [3.8, 4) is 5.75 Å². The molecule has 1 heterocycles. The SMILES string of the molecule is CNC1(C)CCN(C(C)c2ccc(OC(C)C)cc2)CC1. The van der Waals surface area contributed by atoms with Crippen LogP contribution in [0.3, 0.4) is 0 Å². The molecule has 1 atom stereocenters. The summed E-state index contributed by atoms with van der Waals surface area (Å²) in [6.45, 7) is 11.1. The molecular formula is C18H30N2O. The third-order valence-electron chi connectivity index (χ3n) is 4.79. The van der Waals surface area contributed by atoms with Gasteiger partial charge in [-0.25, -0.2) is 0 Å². The van der Waals surface area contributed by atoms with E-state index < -0.39 is 0 Å². The second-order valence-corrected chi connectivity index (χ2v) is 6.76. The van der Waals surface area contributed by atoms with Crippen LogP contribution in [-0.4, -0.2) is 36.7 Å². The van der Waals surface area contributed by atoms with Gasteiger partial charge in [-0.3, -0.25) is 4.90 Å². The van der Waals surface area contributed by atoms with Crippen LogP contribution < -0.4 is 10.1 Å². The summed E-state index contributed by atoms with van der Waals surface area (Å²) >= 11 is 0. The molecule has 1 aliphatic rings. The molecule has 2 rings (SSSR count). The zero-order valence-electron chi connectivity index (χ0n) is 14.1. The molecule has 0 bridgehead atoms. The summed E-state index contributed by atoms with van der Waals surface area (Å²) in [5.41, 5.74) is 1.68. The zero-order chi connectivity index (χ0) is 15.5. The lowest BCUT2D eigenvalue weighted by Gasteiger charge is -2.42. The molecule has 118 valence electrons. The number of ether oxygens (including phenoxy) is 1. The third kappa shape index (κ3) is 4.21. The topological polar surface area (TPSA) is 24.5 Å². The van der Waals surface area contributed by atoms with Gasteiger partial charge in [0.2, 0.25) is 0 Å². The Kier molecular flexibility index (Phi) is 5.28. The van der Waals surface area contributed by atoms with Gasteiger partial charge in [0.25, 0.3) is 0 Å². The highest BCUT2D eigenvalue weighted by atomic mass is 16.5. The Bertz CT molecular complexity index is 433. The number of rotatable bonds is 5. The van der Waals surface area contributed by atoms with Gasteiger partial charge >= 0.3 is 0 Å². The fourth-order valence-electron chi connectivity index (χ4n) is 2.96. The Morgan fingerprint density at radius 1 is 1.10 bits per heavy atom. The van der Waals surface area contributed by atoms with E-state index in [4.69, 9.17) is 4.74 Å². The van der Waals surface area contributed by atoms with Crippen LogP contribution in [0.1, 0.15) is 52.1 Å². The summed E-state index contributed by atoms with van der Waals surface area (Å²) in [7, 11) is 2.08. The summed E-state index contributed by atoms with van der Waals surface area (Å²) in [5, 5.41) is 3.46. The molecule has 1 unspecified atom stereocenters. The van der Waals surface area contributed by atoms with Crippen LogP contribution in [-0.2, 0) is 0 Å². The van der Waals surface area contributed by atoms with Crippen molar-refractivity contribution in [1.82, 2.24) is 10.2 Å². The lowest BCUT2D eigenvalue weighted by Crippen LogP contribution is -2.50. The molecule has 0 aromatic heterocycles. The van der Waals surface area contributed by atoms with Crippen LogP contribution in [0.15, 0.2) is 24.3 Å². The molecule has 1 N–H and O–H groups in total. The number of benzene rings is 1. The minimum atomic E-state index is 0.231. The van der Waals surface area contributed by atoms with E-state index in [9.17, 15) is 0 Å². The Morgan fingerprint density at radius 2 is 1.67 bits per heavy atom. The Morgan fingerprint density at radius 3 is 2.14 bits per heavy atom. The largest absolute Gasteiger partial charge is 0.491 e. The van der Waals surface area contributed by atoms with Gasteiger partial charge in [0.1, 0.15) is 5.75 Å². The fourth-order valence-corrected chi connectivity index (χ4v) is 2.96. The number of hydrogen-bond donors (Lipinski definition) is 1. The van der Waals surface area contributed by atoms with Crippen molar-refractivity contribution >= 4 is 0 Å². The van der Waals surface area contributed by atoms with Gasteiger partial charge in [-0.2, -0.15) is 0 Å². The zero-order valence-corrected chi connectivity index (χ0v) is 14.1. The monoisotopic (exact) mass is 290 g/mol. The predicted octanol–water partition coefficient (Wildman–Crippen LogP) is 3.61. The van der Waals surface area contributed by atoms with Crippen LogP contribution in [0.4, 0.5) is 0 Å². The molecule has 0 saturated carbocycles. The van der Waals surface area contributed by atoms with Gasteiger partial charge in [-0.1, -0.05) is 12.1 Å². The smallest absolute Gasteiger partial charge is 0.119 e. The average molecular weight is 290 g/mol. The molecule has 0 radical (unpaired) electrons. The maximum Gasteiger partial charge on any atom is 0.119 e. The summed E-state index contributed by atoms with van der Waals surface area (Å²) in [4.78, 5) is 2.58. The molecule has 1 aromatic carbocycles. The second-order valence-electron chi connectivity index (χ2n) is 6.76. The first-order valence-corrected chi connectivity index (χ1v) is 8.13. The molecular weight excluding hydrogens is 260 g/mol. The highest BCUT2D eigenvalue weighted by Crippen LogP contribution is 2.29. The molecule has 1 aliphatic heterocycles. The van der Waals surface area contributed by atoms with Crippen LogP contribution >= 0.6 is 0 Å². The van der Waals surface area contributed by atoms with E-state index in [1.807, 2.05) is 0 Å². The van der Waals surface area contributed by atoms with E-state index in [1.165, 1.54) is 18.4 Å². The highest BCUT2D eigenvalue weighted by Gasteiger charge is 2.30. The molecule has 1 aromatic rings. The Labute approximate surface area is 129 Å². The molecule has 0 amide bonds. The van der Waals surface area contributed by atoms with Crippen molar-refractivity contribution in [3.63, 3.8) is 0 Å². The van der Waals surface area contributed by atoms with Crippen LogP contribution in [0.25, 0.3) is 0 Å². The van der Waals surface area contributed by atoms with Crippen LogP contribution in [0.5, 0.6) is 5.75 Å². The first kappa shape index (κ1) is 16.3. The normalized spacial score (nSPS) is 20.5. The van der Waals surface area contributed by atoms with Crippen molar-refractivity contribution in [2.75, 3.05) is 20.1 Å². The minimum absolute atomic E-state index is 0.231. The molecule has 0 aliphatic carbocycles. The van der Waals surface area contributed by atoms with Gasteiger partial charge in [0.15, 0.2) is 0 Å². The number of likely N-dealkylation sites (tertiary alicyclic amines) is 1. The third-order valence-corrected chi connectivity index (χ3v) is 4.79. The van der Waals surface area contributed by atoms with E-state index in [-0.39, 0.29) is 6.10 Å². The second kappa shape index (κ2) is 6.80. The lowest BCUT2D eigenvalue weighted by molar-refractivity contribution is 0.117. The molecule has 1 fully saturated rings. The van der Waals surface area contributed by atoms with E-state index in [0.717, 1.165) is 18.8 Å². The summed E-state index contributed by atoms with van der Waals surface area (Å²) in [5.74, 6) is 0.961. The maximum absolute atomic E-state index is 5.71.